The molecule has 6 heteroatoms. The number of nitrogens with zero attached hydrogens (tertiary/aromatic N) is 2. The van der Waals surface area contributed by atoms with Crippen LogP contribution < -0.4 is 10.1 Å². The number of piperazine rings is 1. The molecule has 0 bridgehead atoms. The van der Waals surface area contributed by atoms with Crippen molar-refractivity contribution in [3.05, 3.63) is 29.3 Å². The standard InChI is InChI=1S/C19H29N3O3/c1-5-21-9-11-22(12-10-21)19(24)18(23)20-15(4)16-13-14(3)7-8-17(16)25-6-2/h7-8,13,15H,5-6,9-12H2,1-4H3,(H,20,23). The molecule has 1 aromatic rings. The Morgan fingerprint density at radius 1 is 1.20 bits per heavy atom. The lowest BCUT2D eigenvalue weighted by atomic mass is 10.0. The van der Waals surface area contributed by atoms with Gasteiger partial charge in [-0.05, 0) is 33.4 Å². The second-order valence-corrected chi connectivity index (χ2v) is 6.40. The van der Waals surface area contributed by atoms with E-state index < -0.39 is 11.8 Å². The average molecular weight is 347 g/mol. The Morgan fingerprint density at radius 2 is 1.88 bits per heavy atom. The number of likely N-dealkylation sites (N-methyl/N-ethyl adjacent to an activating group) is 1. The van der Waals surface area contributed by atoms with E-state index in [0.29, 0.717) is 19.7 Å². The zero-order chi connectivity index (χ0) is 18.4. The van der Waals surface area contributed by atoms with E-state index >= 15 is 0 Å². The highest BCUT2D eigenvalue weighted by molar-refractivity contribution is 6.35. The SMILES string of the molecule is CCOc1ccc(C)cc1C(C)NC(=O)C(=O)N1CCN(CC)CC1. The molecule has 6 nitrogen and oxygen atoms in total. The van der Waals surface area contributed by atoms with Gasteiger partial charge in [0.1, 0.15) is 5.75 Å². The van der Waals surface area contributed by atoms with Crippen molar-refractivity contribution in [2.45, 2.75) is 33.7 Å². The molecule has 1 atom stereocenters. The van der Waals surface area contributed by atoms with Gasteiger partial charge in [0, 0.05) is 31.7 Å². The van der Waals surface area contributed by atoms with Crippen LogP contribution in [0.2, 0.25) is 0 Å². The summed E-state index contributed by atoms with van der Waals surface area (Å²) in [5.74, 6) is -0.264. The Bertz CT molecular complexity index is 610. The van der Waals surface area contributed by atoms with Gasteiger partial charge in [0.25, 0.3) is 0 Å². The molecule has 0 aromatic heterocycles. The summed E-state index contributed by atoms with van der Waals surface area (Å²) >= 11 is 0. The first-order chi connectivity index (χ1) is 12.0. The van der Waals surface area contributed by atoms with E-state index in [0.717, 1.165) is 36.5 Å². The van der Waals surface area contributed by atoms with Crippen LogP contribution >= 0.6 is 0 Å². The van der Waals surface area contributed by atoms with Crippen molar-refractivity contribution in [3.63, 3.8) is 0 Å². The van der Waals surface area contributed by atoms with Crippen LogP contribution in [0, 0.1) is 6.92 Å². The number of carbonyl (C=O) groups is 2. The van der Waals surface area contributed by atoms with Crippen LogP contribution in [0.15, 0.2) is 18.2 Å². The molecule has 2 rings (SSSR count). The minimum atomic E-state index is -0.554. The maximum absolute atomic E-state index is 12.4. The van der Waals surface area contributed by atoms with Gasteiger partial charge in [0.05, 0.1) is 12.6 Å². The van der Waals surface area contributed by atoms with E-state index in [4.69, 9.17) is 4.74 Å². The zero-order valence-corrected chi connectivity index (χ0v) is 15.7. The number of hydrogen-bond donors (Lipinski definition) is 1. The second kappa shape index (κ2) is 8.85. The van der Waals surface area contributed by atoms with E-state index in [1.54, 1.807) is 4.90 Å². The molecule has 1 aromatic carbocycles. The smallest absolute Gasteiger partial charge is 0.311 e. The molecule has 25 heavy (non-hydrogen) atoms. The molecule has 0 spiro atoms. The quantitative estimate of drug-likeness (QED) is 0.824. The fraction of sp³-hybridized carbons (Fsp3) is 0.579. The first-order valence-corrected chi connectivity index (χ1v) is 9.01. The molecule has 0 aliphatic carbocycles. The highest BCUT2D eigenvalue weighted by Crippen LogP contribution is 2.26. The number of ether oxygens (including phenoxy) is 1. The molecule has 1 aliphatic rings. The Balaban J connectivity index is 2.00. The van der Waals surface area contributed by atoms with Gasteiger partial charge in [-0.1, -0.05) is 24.6 Å². The topological polar surface area (TPSA) is 61.9 Å². The fourth-order valence-electron chi connectivity index (χ4n) is 3.04. The van der Waals surface area contributed by atoms with Crippen LogP contribution in [0.1, 0.15) is 37.9 Å². The summed E-state index contributed by atoms with van der Waals surface area (Å²) in [6, 6.07) is 5.57. The summed E-state index contributed by atoms with van der Waals surface area (Å²) in [6.45, 7) is 12.2. The number of hydrogen-bond acceptors (Lipinski definition) is 4. The number of carbonyl (C=O) groups excluding carboxylic acids is 2. The molecule has 1 fully saturated rings. The molecule has 2 amide bonds. The monoisotopic (exact) mass is 347 g/mol. The van der Waals surface area contributed by atoms with Crippen LogP contribution in [-0.2, 0) is 9.59 Å². The minimum absolute atomic E-state index is 0.296. The van der Waals surface area contributed by atoms with E-state index in [2.05, 4.69) is 17.1 Å². The second-order valence-electron chi connectivity index (χ2n) is 6.40. The predicted octanol–water partition coefficient (Wildman–Crippen LogP) is 1.74. The number of rotatable bonds is 5. The van der Waals surface area contributed by atoms with Gasteiger partial charge in [0.2, 0.25) is 0 Å². The van der Waals surface area contributed by atoms with E-state index in [1.807, 2.05) is 39.0 Å². The number of aryl methyl sites for hydroxylation is 1. The first kappa shape index (κ1) is 19.2. The predicted molar refractivity (Wildman–Crippen MR) is 97.6 cm³/mol. The molecule has 1 N–H and O–H groups in total. The average Bonchev–Trinajstić information content (AvgIpc) is 2.62. The maximum atomic E-state index is 12.4. The van der Waals surface area contributed by atoms with Crippen LogP contribution in [0.5, 0.6) is 5.75 Å². The summed E-state index contributed by atoms with van der Waals surface area (Å²) in [6.07, 6.45) is 0. The summed E-state index contributed by atoms with van der Waals surface area (Å²) in [5.41, 5.74) is 1.97. The van der Waals surface area contributed by atoms with Gasteiger partial charge < -0.3 is 19.9 Å². The third-order valence-electron chi connectivity index (χ3n) is 4.58. The highest BCUT2D eigenvalue weighted by atomic mass is 16.5. The lowest BCUT2D eigenvalue weighted by Crippen LogP contribution is -2.52. The molecule has 138 valence electrons. The summed E-state index contributed by atoms with van der Waals surface area (Å²) in [5, 5.41) is 2.82. The third kappa shape index (κ3) is 4.95. The van der Waals surface area contributed by atoms with Crippen molar-refractivity contribution in [3.8, 4) is 5.75 Å². The number of nitrogens with one attached hydrogen (secondary N) is 1. The molecule has 1 saturated heterocycles. The van der Waals surface area contributed by atoms with Crippen molar-refractivity contribution in [1.29, 1.82) is 0 Å². The molecular weight excluding hydrogens is 318 g/mol. The molecular formula is C19H29N3O3. The van der Waals surface area contributed by atoms with E-state index in [1.165, 1.54) is 0 Å². The lowest BCUT2D eigenvalue weighted by Gasteiger charge is -2.33. The number of amides is 2. The first-order valence-electron chi connectivity index (χ1n) is 9.01. The van der Waals surface area contributed by atoms with Crippen molar-refractivity contribution in [2.24, 2.45) is 0 Å². The minimum Gasteiger partial charge on any atom is -0.494 e. The van der Waals surface area contributed by atoms with Gasteiger partial charge in [-0.25, -0.2) is 0 Å². The van der Waals surface area contributed by atoms with Crippen LogP contribution in [-0.4, -0.2) is 60.9 Å². The Labute approximate surface area is 150 Å². The van der Waals surface area contributed by atoms with Gasteiger partial charge in [-0.15, -0.1) is 0 Å². The van der Waals surface area contributed by atoms with Crippen LogP contribution in [0.3, 0.4) is 0 Å². The molecule has 1 unspecified atom stereocenters. The lowest BCUT2D eigenvalue weighted by molar-refractivity contribution is -0.147. The van der Waals surface area contributed by atoms with E-state index in [9.17, 15) is 9.59 Å². The number of benzene rings is 1. The summed E-state index contributed by atoms with van der Waals surface area (Å²) in [4.78, 5) is 28.7. The molecule has 1 heterocycles. The summed E-state index contributed by atoms with van der Waals surface area (Å²) < 4.78 is 5.64. The normalized spacial score (nSPS) is 16.4. The Morgan fingerprint density at radius 3 is 2.48 bits per heavy atom. The largest absolute Gasteiger partial charge is 0.494 e. The third-order valence-corrected chi connectivity index (χ3v) is 4.58. The van der Waals surface area contributed by atoms with Crippen molar-refractivity contribution >= 4 is 11.8 Å². The van der Waals surface area contributed by atoms with Gasteiger partial charge in [-0.2, -0.15) is 0 Å². The molecule has 0 radical (unpaired) electrons. The summed E-state index contributed by atoms with van der Waals surface area (Å²) in [7, 11) is 0. The van der Waals surface area contributed by atoms with Crippen LogP contribution in [0.25, 0.3) is 0 Å². The Kier molecular flexibility index (Phi) is 6.82. The Hall–Kier alpha value is -2.08. The van der Waals surface area contributed by atoms with Gasteiger partial charge in [-0.3, -0.25) is 9.59 Å². The molecule has 0 saturated carbocycles. The maximum Gasteiger partial charge on any atom is 0.311 e. The van der Waals surface area contributed by atoms with E-state index in [-0.39, 0.29) is 6.04 Å². The zero-order valence-electron chi connectivity index (χ0n) is 15.7. The van der Waals surface area contributed by atoms with Crippen molar-refractivity contribution in [1.82, 2.24) is 15.1 Å². The van der Waals surface area contributed by atoms with Gasteiger partial charge >= 0.3 is 11.8 Å². The van der Waals surface area contributed by atoms with Gasteiger partial charge in [0.15, 0.2) is 0 Å². The van der Waals surface area contributed by atoms with Crippen molar-refractivity contribution in [2.75, 3.05) is 39.3 Å². The fourth-order valence-corrected chi connectivity index (χ4v) is 3.04. The van der Waals surface area contributed by atoms with Crippen LogP contribution in [0.4, 0.5) is 0 Å². The highest BCUT2D eigenvalue weighted by Gasteiger charge is 2.27. The van der Waals surface area contributed by atoms with Crippen molar-refractivity contribution < 1.29 is 14.3 Å². The molecule has 1 aliphatic heterocycles.